The minimum Gasteiger partial charge on any atom is -0.377 e. The highest BCUT2D eigenvalue weighted by Crippen LogP contribution is 2.22. The summed E-state index contributed by atoms with van der Waals surface area (Å²) < 4.78 is 0. The van der Waals surface area contributed by atoms with Crippen LogP contribution in [-0.4, -0.2) is 53.9 Å². The molecule has 1 aromatic carbocycles. The number of likely N-dealkylation sites (tertiary alicyclic amines) is 1. The highest BCUT2D eigenvalue weighted by Gasteiger charge is 2.32. The second-order valence-electron chi connectivity index (χ2n) is 6.71. The van der Waals surface area contributed by atoms with Crippen molar-refractivity contribution in [2.75, 3.05) is 31.1 Å². The van der Waals surface area contributed by atoms with Crippen LogP contribution in [0.2, 0.25) is 0 Å². The van der Waals surface area contributed by atoms with Crippen LogP contribution in [0.1, 0.15) is 25.7 Å². The molecule has 0 atom stereocenters. The van der Waals surface area contributed by atoms with Crippen LogP contribution in [0.3, 0.4) is 0 Å². The first-order chi connectivity index (χ1) is 11.6. The highest BCUT2D eigenvalue weighted by molar-refractivity contribution is 5.74. The molecule has 2 heterocycles. The number of anilines is 1. The second-order valence-corrected chi connectivity index (χ2v) is 6.71. The molecule has 128 valence electrons. The zero-order chi connectivity index (χ0) is 17.0. The van der Waals surface area contributed by atoms with E-state index in [0.29, 0.717) is 25.9 Å². The lowest BCUT2D eigenvalue weighted by Crippen LogP contribution is -2.53. The predicted molar refractivity (Wildman–Crippen MR) is 94.8 cm³/mol. The van der Waals surface area contributed by atoms with Gasteiger partial charge in [0, 0.05) is 50.7 Å². The predicted octanol–water partition coefficient (Wildman–Crippen LogP) is 1.83. The molecule has 0 radical (unpaired) electrons. The van der Waals surface area contributed by atoms with Crippen molar-refractivity contribution in [3.8, 4) is 12.3 Å². The van der Waals surface area contributed by atoms with E-state index in [1.807, 2.05) is 6.07 Å². The van der Waals surface area contributed by atoms with Crippen molar-refractivity contribution in [3.63, 3.8) is 0 Å². The van der Waals surface area contributed by atoms with Gasteiger partial charge in [-0.2, -0.15) is 0 Å². The van der Waals surface area contributed by atoms with Crippen molar-refractivity contribution in [1.82, 2.24) is 10.2 Å². The molecule has 2 aliphatic heterocycles. The number of benzene rings is 1. The second kappa shape index (κ2) is 7.14. The Hall–Kier alpha value is -2.19. The first-order valence-corrected chi connectivity index (χ1v) is 8.65. The number of carbonyl (C=O) groups is 1. The molecule has 2 aliphatic rings. The third-order valence-corrected chi connectivity index (χ3v) is 5.09. The molecule has 3 rings (SSSR count). The number of nitrogens with one attached hydrogen (secondary N) is 1. The number of aliphatic hydroxyl groups is 1. The molecule has 0 saturated carbocycles. The Morgan fingerprint density at radius 3 is 2.38 bits per heavy atom. The van der Waals surface area contributed by atoms with Gasteiger partial charge < -0.3 is 20.2 Å². The van der Waals surface area contributed by atoms with Crippen LogP contribution in [0, 0.1) is 12.3 Å². The van der Waals surface area contributed by atoms with E-state index in [1.54, 1.807) is 4.90 Å². The molecule has 2 amide bonds. The molecule has 0 aromatic heterocycles. The molecule has 1 aromatic rings. The van der Waals surface area contributed by atoms with Crippen LogP contribution in [-0.2, 0) is 0 Å². The number of hydrogen-bond acceptors (Lipinski definition) is 3. The van der Waals surface area contributed by atoms with Gasteiger partial charge in [-0.25, -0.2) is 4.79 Å². The first kappa shape index (κ1) is 16.7. The van der Waals surface area contributed by atoms with Gasteiger partial charge in [0.2, 0.25) is 0 Å². The summed E-state index contributed by atoms with van der Waals surface area (Å²) in [6.45, 7) is 2.92. The number of para-hydroxylation sites is 1. The summed E-state index contributed by atoms with van der Waals surface area (Å²) in [6, 6.07) is 10.6. The van der Waals surface area contributed by atoms with E-state index in [4.69, 9.17) is 6.42 Å². The number of amides is 2. The fourth-order valence-corrected chi connectivity index (χ4v) is 3.41. The number of urea groups is 1. The topological polar surface area (TPSA) is 55.8 Å². The van der Waals surface area contributed by atoms with E-state index >= 15 is 0 Å². The number of rotatable bonds is 2. The van der Waals surface area contributed by atoms with Gasteiger partial charge in [0.25, 0.3) is 0 Å². The number of terminal acetylenes is 1. The Morgan fingerprint density at radius 1 is 1.17 bits per heavy atom. The maximum Gasteiger partial charge on any atom is 0.317 e. The Labute approximate surface area is 143 Å². The third-order valence-electron chi connectivity index (χ3n) is 5.09. The highest BCUT2D eigenvalue weighted by atomic mass is 16.3. The van der Waals surface area contributed by atoms with Gasteiger partial charge in [-0.15, -0.1) is 6.42 Å². The lowest BCUT2D eigenvalue weighted by atomic mass is 9.93. The molecule has 0 bridgehead atoms. The van der Waals surface area contributed by atoms with Crippen LogP contribution in [0.4, 0.5) is 10.5 Å². The molecule has 0 aliphatic carbocycles. The lowest BCUT2D eigenvalue weighted by molar-refractivity contribution is 0.0375. The average Bonchev–Trinajstić information content (AvgIpc) is 2.63. The number of carbonyl (C=O) groups excluding carboxylic acids is 1. The van der Waals surface area contributed by atoms with Crippen molar-refractivity contribution in [2.24, 2.45) is 0 Å². The van der Waals surface area contributed by atoms with Crippen LogP contribution in [0.15, 0.2) is 30.3 Å². The van der Waals surface area contributed by atoms with Crippen LogP contribution >= 0.6 is 0 Å². The van der Waals surface area contributed by atoms with E-state index in [9.17, 15) is 9.90 Å². The quantitative estimate of drug-likeness (QED) is 0.815. The van der Waals surface area contributed by atoms with Crippen molar-refractivity contribution < 1.29 is 9.90 Å². The Morgan fingerprint density at radius 2 is 1.79 bits per heavy atom. The number of hydrogen-bond donors (Lipinski definition) is 2. The maximum atomic E-state index is 12.4. The summed E-state index contributed by atoms with van der Waals surface area (Å²) in [5, 5.41) is 13.2. The Balaban J connectivity index is 1.45. The maximum absolute atomic E-state index is 12.4. The first-order valence-electron chi connectivity index (χ1n) is 8.65. The molecule has 2 saturated heterocycles. The molecule has 24 heavy (non-hydrogen) atoms. The van der Waals surface area contributed by atoms with Gasteiger partial charge in [-0.05, 0) is 25.0 Å². The van der Waals surface area contributed by atoms with Crippen LogP contribution in [0.25, 0.3) is 0 Å². The van der Waals surface area contributed by atoms with E-state index in [1.165, 1.54) is 5.69 Å². The molecule has 5 nitrogen and oxygen atoms in total. The number of piperidine rings is 2. The molecule has 2 N–H and O–H groups in total. The van der Waals surface area contributed by atoms with Gasteiger partial charge in [0.15, 0.2) is 0 Å². The Bertz CT molecular complexity index is 595. The Kier molecular flexibility index (Phi) is 4.96. The minimum absolute atomic E-state index is 0.0350. The standard InChI is InChI=1S/C19H25N3O2/c1-2-19(24)10-14-22(15-11-19)18(23)20-16-8-12-21(13-9-16)17-6-4-3-5-7-17/h1,3-7,16,24H,8-15H2,(H,20,23). The van der Waals surface area contributed by atoms with E-state index in [0.717, 1.165) is 25.9 Å². The van der Waals surface area contributed by atoms with E-state index in [2.05, 4.69) is 40.4 Å². The lowest BCUT2D eigenvalue weighted by Gasteiger charge is -2.37. The van der Waals surface area contributed by atoms with Crippen molar-refractivity contribution >= 4 is 11.7 Å². The third kappa shape index (κ3) is 3.82. The van der Waals surface area contributed by atoms with E-state index in [-0.39, 0.29) is 12.1 Å². The number of nitrogens with zero attached hydrogens (tertiary/aromatic N) is 2. The van der Waals surface area contributed by atoms with Crippen molar-refractivity contribution in [1.29, 1.82) is 0 Å². The monoisotopic (exact) mass is 327 g/mol. The molecule has 0 unspecified atom stereocenters. The molecular formula is C19H25N3O2. The SMILES string of the molecule is C#CC1(O)CCN(C(=O)NC2CCN(c3ccccc3)CC2)CC1. The van der Waals surface area contributed by atoms with E-state index < -0.39 is 5.60 Å². The van der Waals surface area contributed by atoms with Crippen LogP contribution < -0.4 is 10.2 Å². The zero-order valence-electron chi connectivity index (χ0n) is 13.9. The van der Waals surface area contributed by atoms with Crippen molar-refractivity contribution in [2.45, 2.75) is 37.3 Å². The summed E-state index contributed by atoms with van der Waals surface area (Å²) in [6.07, 6.45) is 8.14. The fraction of sp³-hybridized carbons (Fsp3) is 0.526. The normalized spacial score (nSPS) is 21.2. The van der Waals surface area contributed by atoms with Crippen molar-refractivity contribution in [3.05, 3.63) is 30.3 Å². The summed E-state index contributed by atoms with van der Waals surface area (Å²) >= 11 is 0. The van der Waals surface area contributed by atoms with Gasteiger partial charge in [0.1, 0.15) is 5.60 Å². The van der Waals surface area contributed by atoms with Gasteiger partial charge in [-0.3, -0.25) is 0 Å². The minimum atomic E-state index is -1.04. The van der Waals surface area contributed by atoms with Gasteiger partial charge >= 0.3 is 6.03 Å². The fourth-order valence-electron chi connectivity index (χ4n) is 3.41. The van der Waals surface area contributed by atoms with Gasteiger partial charge in [0.05, 0.1) is 0 Å². The molecular weight excluding hydrogens is 302 g/mol. The zero-order valence-corrected chi connectivity index (χ0v) is 13.9. The van der Waals surface area contributed by atoms with Crippen LogP contribution in [0.5, 0.6) is 0 Å². The summed E-state index contributed by atoms with van der Waals surface area (Å²) in [5.74, 6) is 2.43. The summed E-state index contributed by atoms with van der Waals surface area (Å²) in [4.78, 5) is 16.5. The summed E-state index contributed by atoms with van der Waals surface area (Å²) in [7, 11) is 0. The molecule has 2 fully saturated rings. The van der Waals surface area contributed by atoms with Gasteiger partial charge in [-0.1, -0.05) is 24.1 Å². The largest absolute Gasteiger partial charge is 0.377 e. The molecule has 5 heteroatoms. The average molecular weight is 327 g/mol. The summed E-state index contributed by atoms with van der Waals surface area (Å²) in [5.41, 5.74) is 0.199. The molecule has 0 spiro atoms. The smallest absolute Gasteiger partial charge is 0.317 e.